The molecular formula is C17H20Cl2N2O3. The molecule has 1 amide bonds. The minimum absolute atomic E-state index is 0. The van der Waals surface area contributed by atoms with Crippen LogP contribution < -0.4 is 5.32 Å². The summed E-state index contributed by atoms with van der Waals surface area (Å²) < 4.78 is 10.6. The summed E-state index contributed by atoms with van der Waals surface area (Å²) in [5.41, 5.74) is 0.943. The molecular weight excluding hydrogens is 351 g/mol. The molecule has 130 valence electrons. The second-order valence-corrected chi connectivity index (χ2v) is 5.85. The number of ether oxygens (including phenoxy) is 1. The van der Waals surface area contributed by atoms with E-state index in [2.05, 4.69) is 5.32 Å². The lowest BCUT2D eigenvalue weighted by Crippen LogP contribution is -2.48. The number of amides is 1. The van der Waals surface area contributed by atoms with E-state index in [0.717, 1.165) is 12.1 Å². The number of hydrogen-bond donors (Lipinski definition) is 1. The predicted octanol–water partition coefficient (Wildman–Crippen LogP) is 3.29. The van der Waals surface area contributed by atoms with Gasteiger partial charge < -0.3 is 19.4 Å². The Balaban J connectivity index is 0.00000208. The molecule has 1 aliphatic heterocycles. The van der Waals surface area contributed by atoms with Crippen molar-refractivity contribution in [3.63, 3.8) is 0 Å². The van der Waals surface area contributed by atoms with Gasteiger partial charge in [-0.05, 0) is 23.8 Å². The van der Waals surface area contributed by atoms with Crippen molar-refractivity contribution in [3.8, 4) is 0 Å². The van der Waals surface area contributed by atoms with Crippen LogP contribution in [-0.4, -0.2) is 37.6 Å². The zero-order chi connectivity index (χ0) is 16.2. The molecule has 0 saturated carbocycles. The summed E-state index contributed by atoms with van der Waals surface area (Å²) >= 11 is 6.31. The summed E-state index contributed by atoms with van der Waals surface area (Å²) in [5, 5.41) is 3.98. The van der Waals surface area contributed by atoms with Crippen molar-refractivity contribution >= 4 is 29.9 Å². The first-order valence-electron chi connectivity index (χ1n) is 7.54. The van der Waals surface area contributed by atoms with Crippen LogP contribution in [0.5, 0.6) is 0 Å². The normalized spacial score (nSPS) is 17.4. The van der Waals surface area contributed by atoms with E-state index < -0.39 is 0 Å². The van der Waals surface area contributed by atoms with E-state index >= 15 is 0 Å². The molecule has 3 rings (SSSR count). The Bertz CT molecular complexity index is 690. The number of furan rings is 1. The van der Waals surface area contributed by atoms with Crippen LogP contribution in [0.4, 0.5) is 0 Å². The molecule has 1 saturated heterocycles. The lowest BCUT2D eigenvalue weighted by atomic mass is 10.0. The van der Waals surface area contributed by atoms with Gasteiger partial charge in [-0.2, -0.15) is 0 Å². The second kappa shape index (κ2) is 8.53. The zero-order valence-corrected chi connectivity index (χ0v) is 14.9. The second-order valence-electron chi connectivity index (χ2n) is 5.44. The monoisotopic (exact) mass is 370 g/mol. The third-order valence-corrected chi connectivity index (χ3v) is 4.27. The molecule has 0 spiro atoms. The van der Waals surface area contributed by atoms with E-state index in [0.29, 0.717) is 36.2 Å². The van der Waals surface area contributed by atoms with E-state index in [9.17, 15) is 4.79 Å². The standard InChI is InChI=1S/C17H19ClN2O3.ClH/c1-22-11-12-6-7-16(23-12)17(21)20-9-8-19-10-15(20)13-4-2-3-5-14(13)18;/h2-7,15,19H,8-11H2,1H3;1H. The Morgan fingerprint density at radius 1 is 1.38 bits per heavy atom. The fraction of sp³-hybridized carbons (Fsp3) is 0.353. The molecule has 2 aromatic rings. The zero-order valence-electron chi connectivity index (χ0n) is 13.3. The van der Waals surface area contributed by atoms with Crippen LogP contribution in [0.1, 0.15) is 27.9 Å². The molecule has 1 atom stereocenters. The lowest BCUT2D eigenvalue weighted by molar-refractivity contribution is 0.0595. The summed E-state index contributed by atoms with van der Waals surface area (Å²) in [6.07, 6.45) is 0. The Kier molecular flexibility index (Phi) is 6.69. The molecule has 1 N–H and O–H groups in total. The topological polar surface area (TPSA) is 54.7 Å². The largest absolute Gasteiger partial charge is 0.453 e. The Hall–Kier alpha value is -1.53. The van der Waals surface area contributed by atoms with Crippen molar-refractivity contribution in [1.82, 2.24) is 10.2 Å². The van der Waals surface area contributed by atoms with Crippen LogP contribution in [0.2, 0.25) is 5.02 Å². The van der Waals surface area contributed by atoms with Gasteiger partial charge in [-0.25, -0.2) is 0 Å². The lowest BCUT2D eigenvalue weighted by Gasteiger charge is -2.36. The molecule has 1 aromatic heterocycles. The van der Waals surface area contributed by atoms with Gasteiger partial charge in [0.05, 0.1) is 6.04 Å². The van der Waals surface area contributed by atoms with E-state index in [1.165, 1.54) is 0 Å². The molecule has 24 heavy (non-hydrogen) atoms. The van der Waals surface area contributed by atoms with Crippen LogP contribution in [-0.2, 0) is 11.3 Å². The van der Waals surface area contributed by atoms with Gasteiger partial charge in [0.25, 0.3) is 5.91 Å². The van der Waals surface area contributed by atoms with Crippen molar-refractivity contribution in [2.75, 3.05) is 26.7 Å². The highest BCUT2D eigenvalue weighted by molar-refractivity contribution is 6.31. The number of carbonyl (C=O) groups is 1. The van der Waals surface area contributed by atoms with Crippen LogP contribution in [0.3, 0.4) is 0 Å². The minimum atomic E-state index is -0.126. The highest BCUT2D eigenvalue weighted by atomic mass is 35.5. The Morgan fingerprint density at radius 2 is 2.17 bits per heavy atom. The maximum Gasteiger partial charge on any atom is 0.290 e. The number of nitrogens with zero attached hydrogens (tertiary/aromatic N) is 1. The van der Waals surface area contributed by atoms with E-state index in [1.807, 2.05) is 29.2 Å². The highest BCUT2D eigenvalue weighted by Crippen LogP contribution is 2.29. The molecule has 0 bridgehead atoms. The summed E-state index contributed by atoms with van der Waals surface area (Å²) in [4.78, 5) is 14.6. The molecule has 5 nitrogen and oxygen atoms in total. The third kappa shape index (κ3) is 3.92. The fourth-order valence-corrected chi connectivity index (χ4v) is 3.09. The van der Waals surface area contributed by atoms with E-state index in [-0.39, 0.29) is 24.4 Å². The van der Waals surface area contributed by atoms with Crippen LogP contribution >= 0.6 is 24.0 Å². The van der Waals surface area contributed by atoms with Gasteiger partial charge in [-0.1, -0.05) is 29.8 Å². The SMILES string of the molecule is COCc1ccc(C(=O)N2CCNCC2c2ccccc2Cl)o1.Cl. The smallest absolute Gasteiger partial charge is 0.290 e. The molecule has 0 radical (unpaired) electrons. The number of carbonyl (C=O) groups excluding carboxylic acids is 1. The van der Waals surface area contributed by atoms with Gasteiger partial charge in [-0.3, -0.25) is 4.79 Å². The van der Waals surface area contributed by atoms with Crippen molar-refractivity contribution in [2.45, 2.75) is 12.6 Å². The third-order valence-electron chi connectivity index (χ3n) is 3.93. The van der Waals surface area contributed by atoms with Crippen molar-refractivity contribution < 1.29 is 13.9 Å². The Labute approximate surface area is 152 Å². The summed E-state index contributed by atoms with van der Waals surface area (Å²) in [5.74, 6) is 0.843. The van der Waals surface area contributed by atoms with Crippen LogP contribution in [0.25, 0.3) is 0 Å². The van der Waals surface area contributed by atoms with Gasteiger partial charge in [0.15, 0.2) is 5.76 Å². The number of rotatable bonds is 4. The summed E-state index contributed by atoms with van der Waals surface area (Å²) in [6.45, 7) is 2.37. The summed E-state index contributed by atoms with van der Waals surface area (Å²) in [7, 11) is 1.59. The van der Waals surface area contributed by atoms with Gasteiger partial charge >= 0.3 is 0 Å². The van der Waals surface area contributed by atoms with Crippen molar-refractivity contribution in [1.29, 1.82) is 0 Å². The van der Waals surface area contributed by atoms with Gasteiger partial charge in [0.1, 0.15) is 12.4 Å². The van der Waals surface area contributed by atoms with Crippen molar-refractivity contribution in [3.05, 3.63) is 58.5 Å². The van der Waals surface area contributed by atoms with E-state index in [4.69, 9.17) is 20.8 Å². The first-order chi connectivity index (χ1) is 11.2. The van der Waals surface area contributed by atoms with Crippen molar-refractivity contribution in [2.24, 2.45) is 0 Å². The highest BCUT2D eigenvalue weighted by Gasteiger charge is 2.31. The predicted molar refractivity (Wildman–Crippen MR) is 94.8 cm³/mol. The van der Waals surface area contributed by atoms with E-state index in [1.54, 1.807) is 19.2 Å². The Morgan fingerprint density at radius 3 is 2.92 bits per heavy atom. The van der Waals surface area contributed by atoms with Gasteiger partial charge in [0.2, 0.25) is 0 Å². The first kappa shape index (κ1) is 18.8. The molecule has 1 fully saturated rings. The number of halogens is 2. The maximum atomic E-state index is 12.8. The number of nitrogens with one attached hydrogen (secondary N) is 1. The fourth-order valence-electron chi connectivity index (χ4n) is 2.82. The average molecular weight is 371 g/mol. The van der Waals surface area contributed by atoms with Gasteiger partial charge in [0, 0.05) is 31.8 Å². The summed E-state index contributed by atoms with van der Waals surface area (Å²) in [6, 6.07) is 11.0. The quantitative estimate of drug-likeness (QED) is 0.896. The molecule has 2 heterocycles. The molecule has 7 heteroatoms. The number of piperazine rings is 1. The van der Waals surface area contributed by atoms with Crippen LogP contribution in [0, 0.1) is 0 Å². The average Bonchev–Trinajstić information content (AvgIpc) is 3.04. The number of benzene rings is 1. The van der Waals surface area contributed by atoms with Crippen LogP contribution in [0.15, 0.2) is 40.8 Å². The molecule has 1 aromatic carbocycles. The minimum Gasteiger partial charge on any atom is -0.453 e. The first-order valence-corrected chi connectivity index (χ1v) is 7.92. The molecule has 0 aliphatic carbocycles. The number of hydrogen-bond acceptors (Lipinski definition) is 4. The maximum absolute atomic E-state index is 12.8. The van der Waals surface area contributed by atoms with Gasteiger partial charge in [-0.15, -0.1) is 12.4 Å². The molecule has 1 aliphatic rings. The molecule has 1 unspecified atom stereocenters. The number of methoxy groups -OCH3 is 1.